The van der Waals surface area contributed by atoms with Gasteiger partial charge in [-0.1, -0.05) is 6.92 Å². The fourth-order valence-corrected chi connectivity index (χ4v) is 2.34. The van der Waals surface area contributed by atoms with E-state index in [0.29, 0.717) is 12.2 Å². The molecule has 0 spiro atoms. The molecule has 0 radical (unpaired) electrons. The quantitative estimate of drug-likeness (QED) is 0.624. The van der Waals surface area contributed by atoms with Gasteiger partial charge in [-0.15, -0.1) is 0 Å². The predicted molar refractivity (Wildman–Crippen MR) is 68.9 cm³/mol. The number of aliphatic carboxylic acids is 1. The molecular weight excluding hydrogens is 264 g/mol. The van der Waals surface area contributed by atoms with Gasteiger partial charge >= 0.3 is 12.0 Å². The number of rotatable bonds is 4. The van der Waals surface area contributed by atoms with E-state index in [-0.39, 0.29) is 19.0 Å². The van der Waals surface area contributed by atoms with Crippen LogP contribution < -0.4 is 5.32 Å². The summed E-state index contributed by atoms with van der Waals surface area (Å²) in [6.07, 6.45) is 3.12. The summed E-state index contributed by atoms with van der Waals surface area (Å²) in [5.41, 5.74) is 0. The van der Waals surface area contributed by atoms with E-state index in [0.717, 1.165) is 4.90 Å². The van der Waals surface area contributed by atoms with Gasteiger partial charge in [-0.2, -0.15) is 0 Å². The Balaban J connectivity index is 2.05. The van der Waals surface area contributed by atoms with Gasteiger partial charge in [-0.3, -0.25) is 0 Å². The van der Waals surface area contributed by atoms with Gasteiger partial charge in [0.25, 0.3) is 0 Å². The molecule has 8 heteroatoms. The highest BCUT2D eigenvalue weighted by Gasteiger charge is 2.39. The first kappa shape index (κ1) is 14.3. The standard InChI is InChI=1S/C12H18N4O4/c1-2-8(10-13-3-4-14-10)15-12(20)16-6-7(17)5-9(16)11(18)19/h3-4,7-9,17H,2,5-6H2,1H3,(H,13,14)(H,15,20)(H,18,19)/t7-,8?,9+/m1/s1. The third-order valence-electron chi connectivity index (χ3n) is 3.38. The van der Waals surface area contributed by atoms with E-state index < -0.39 is 24.1 Å². The lowest BCUT2D eigenvalue weighted by Gasteiger charge is -2.24. The molecular formula is C12H18N4O4. The minimum absolute atomic E-state index is 0.0252. The highest BCUT2D eigenvalue weighted by molar-refractivity contribution is 5.83. The number of nitrogens with one attached hydrogen (secondary N) is 2. The molecule has 2 amide bonds. The Hall–Kier alpha value is -2.09. The van der Waals surface area contributed by atoms with Crippen LogP contribution in [0.4, 0.5) is 4.79 Å². The number of imidazole rings is 1. The van der Waals surface area contributed by atoms with Crippen LogP contribution in [0.15, 0.2) is 12.4 Å². The summed E-state index contributed by atoms with van der Waals surface area (Å²) in [5.74, 6) is -0.491. The zero-order chi connectivity index (χ0) is 14.7. The summed E-state index contributed by atoms with van der Waals surface area (Å²) in [6, 6.07) is -1.80. The van der Waals surface area contributed by atoms with Crippen molar-refractivity contribution in [3.05, 3.63) is 18.2 Å². The fraction of sp³-hybridized carbons (Fsp3) is 0.583. The van der Waals surface area contributed by atoms with E-state index in [1.165, 1.54) is 0 Å². The molecule has 0 aromatic carbocycles. The Morgan fingerprint density at radius 3 is 2.95 bits per heavy atom. The summed E-state index contributed by atoms with van der Waals surface area (Å²) < 4.78 is 0. The van der Waals surface area contributed by atoms with Gasteiger partial charge in [-0.05, 0) is 6.42 Å². The Bertz CT molecular complexity index is 476. The van der Waals surface area contributed by atoms with Crippen LogP contribution in [0, 0.1) is 0 Å². The lowest BCUT2D eigenvalue weighted by atomic mass is 10.2. The molecule has 1 aliphatic rings. The van der Waals surface area contributed by atoms with Crippen LogP contribution in [0.25, 0.3) is 0 Å². The predicted octanol–water partition coefficient (Wildman–Crippen LogP) is 0.0902. The molecule has 2 rings (SSSR count). The maximum Gasteiger partial charge on any atom is 0.326 e. The van der Waals surface area contributed by atoms with Crippen LogP contribution in [-0.4, -0.2) is 55.8 Å². The first-order valence-electron chi connectivity index (χ1n) is 6.50. The third-order valence-corrected chi connectivity index (χ3v) is 3.38. The topological polar surface area (TPSA) is 119 Å². The summed E-state index contributed by atoms with van der Waals surface area (Å²) in [5, 5.41) is 21.3. The molecule has 0 saturated carbocycles. The summed E-state index contributed by atoms with van der Waals surface area (Å²) >= 11 is 0. The number of β-amino-alcohol motifs (C(OH)–C–C–N with tert-alkyl or cyclic N) is 1. The van der Waals surface area contributed by atoms with E-state index in [9.17, 15) is 14.7 Å². The zero-order valence-corrected chi connectivity index (χ0v) is 11.1. The van der Waals surface area contributed by atoms with Crippen molar-refractivity contribution in [2.45, 2.75) is 38.0 Å². The molecule has 1 unspecified atom stereocenters. The van der Waals surface area contributed by atoms with Crippen molar-refractivity contribution in [1.82, 2.24) is 20.2 Å². The Kier molecular flexibility index (Phi) is 4.23. The van der Waals surface area contributed by atoms with Crippen molar-refractivity contribution in [3.63, 3.8) is 0 Å². The lowest BCUT2D eigenvalue weighted by molar-refractivity contribution is -0.141. The molecule has 1 aromatic rings. The molecule has 110 valence electrons. The number of nitrogens with zero attached hydrogens (tertiary/aromatic N) is 2. The lowest BCUT2D eigenvalue weighted by Crippen LogP contribution is -2.47. The first-order valence-corrected chi connectivity index (χ1v) is 6.50. The van der Waals surface area contributed by atoms with Crippen molar-refractivity contribution < 1.29 is 19.8 Å². The second-order valence-electron chi connectivity index (χ2n) is 4.78. The molecule has 1 aliphatic heterocycles. The molecule has 20 heavy (non-hydrogen) atoms. The van der Waals surface area contributed by atoms with Gasteiger partial charge in [0.05, 0.1) is 12.1 Å². The number of amides is 2. The summed E-state index contributed by atoms with van der Waals surface area (Å²) in [4.78, 5) is 31.4. The van der Waals surface area contributed by atoms with Crippen molar-refractivity contribution in [3.8, 4) is 0 Å². The molecule has 1 aromatic heterocycles. The molecule has 0 aliphatic carbocycles. The van der Waals surface area contributed by atoms with Crippen LogP contribution >= 0.6 is 0 Å². The largest absolute Gasteiger partial charge is 0.480 e. The first-order chi connectivity index (χ1) is 9.52. The van der Waals surface area contributed by atoms with E-state index >= 15 is 0 Å². The molecule has 4 N–H and O–H groups in total. The number of likely N-dealkylation sites (tertiary alicyclic amines) is 1. The minimum Gasteiger partial charge on any atom is -0.480 e. The number of hydrogen-bond donors (Lipinski definition) is 4. The SMILES string of the molecule is CCC(NC(=O)N1C[C@H](O)C[C@H]1C(=O)O)c1ncc[nH]1. The fourth-order valence-electron chi connectivity index (χ4n) is 2.34. The number of aliphatic hydroxyl groups excluding tert-OH is 1. The Labute approximate surface area is 115 Å². The van der Waals surface area contributed by atoms with Gasteiger partial charge in [0.15, 0.2) is 0 Å². The number of hydrogen-bond acceptors (Lipinski definition) is 4. The van der Waals surface area contributed by atoms with Gasteiger partial charge in [0, 0.05) is 25.4 Å². The van der Waals surface area contributed by atoms with Gasteiger partial charge < -0.3 is 25.4 Å². The monoisotopic (exact) mass is 282 g/mol. The number of aromatic nitrogens is 2. The van der Waals surface area contributed by atoms with E-state index in [2.05, 4.69) is 15.3 Å². The highest BCUT2D eigenvalue weighted by atomic mass is 16.4. The zero-order valence-electron chi connectivity index (χ0n) is 11.1. The number of carboxylic acid groups (broad SMARTS) is 1. The molecule has 0 bridgehead atoms. The van der Waals surface area contributed by atoms with Crippen molar-refractivity contribution in [2.75, 3.05) is 6.54 Å². The van der Waals surface area contributed by atoms with Crippen LogP contribution in [-0.2, 0) is 4.79 Å². The van der Waals surface area contributed by atoms with Crippen LogP contribution in [0.5, 0.6) is 0 Å². The number of carbonyl (C=O) groups excluding carboxylic acids is 1. The average molecular weight is 282 g/mol. The van der Waals surface area contributed by atoms with E-state index in [1.807, 2.05) is 6.92 Å². The molecule has 2 heterocycles. The van der Waals surface area contributed by atoms with Crippen molar-refractivity contribution in [2.24, 2.45) is 0 Å². The number of aliphatic hydroxyl groups is 1. The maximum atomic E-state index is 12.2. The minimum atomic E-state index is -1.11. The van der Waals surface area contributed by atoms with Crippen molar-refractivity contribution >= 4 is 12.0 Å². The van der Waals surface area contributed by atoms with Crippen LogP contribution in [0.1, 0.15) is 31.6 Å². The van der Waals surface area contributed by atoms with Gasteiger partial charge in [0.2, 0.25) is 0 Å². The molecule has 3 atom stereocenters. The maximum absolute atomic E-state index is 12.2. The summed E-state index contributed by atoms with van der Waals surface area (Å²) in [7, 11) is 0. The van der Waals surface area contributed by atoms with Gasteiger partial charge in [-0.25, -0.2) is 14.6 Å². The highest BCUT2D eigenvalue weighted by Crippen LogP contribution is 2.20. The number of urea groups is 1. The van der Waals surface area contributed by atoms with E-state index in [1.54, 1.807) is 12.4 Å². The number of aromatic amines is 1. The molecule has 1 fully saturated rings. The van der Waals surface area contributed by atoms with E-state index in [4.69, 9.17) is 5.11 Å². The smallest absolute Gasteiger partial charge is 0.326 e. The van der Waals surface area contributed by atoms with Crippen LogP contribution in [0.3, 0.4) is 0 Å². The number of carbonyl (C=O) groups is 2. The molecule has 1 saturated heterocycles. The average Bonchev–Trinajstić information content (AvgIpc) is 3.04. The Morgan fingerprint density at radius 1 is 1.65 bits per heavy atom. The number of H-pyrrole nitrogens is 1. The normalized spacial score (nSPS) is 23.6. The van der Waals surface area contributed by atoms with Crippen LogP contribution in [0.2, 0.25) is 0 Å². The number of carboxylic acids is 1. The van der Waals surface area contributed by atoms with Gasteiger partial charge in [0.1, 0.15) is 11.9 Å². The summed E-state index contributed by atoms with van der Waals surface area (Å²) in [6.45, 7) is 1.92. The third kappa shape index (κ3) is 2.90. The second-order valence-corrected chi connectivity index (χ2v) is 4.78. The second kappa shape index (κ2) is 5.91. The molecule has 8 nitrogen and oxygen atoms in total. The van der Waals surface area contributed by atoms with Crippen molar-refractivity contribution in [1.29, 1.82) is 0 Å². The Morgan fingerprint density at radius 2 is 2.40 bits per heavy atom.